The van der Waals surface area contributed by atoms with Crippen molar-refractivity contribution in [3.8, 4) is 0 Å². The number of carbonyl (C=O) groups is 1. The number of amides is 2. The number of fused-ring (bicyclic) bond motifs is 3. The lowest BCUT2D eigenvalue weighted by Crippen LogP contribution is -2.35. The van der Waals surface area contributed by atoms with E-state index < -0.39 is 0 Å². The molecule has 0 saturated carbocycles. The first-order valence-corrected chi connectivity index (χ1v) is 12.4. The number of rotatable bonds is 5. The van der Waals surface area contributed by atoms with Crippen molar-refractivity contribution in [3.63, 3.8) is 0 Å². The van der Waals surface area contributed by atoms with Gasteiger partial charge in [-0.3, -0.25) is 4.79 Å². The molecule has 6 nitrogen and oxygen atoms in total. The molecule has 1 aliphatic carbocycles. The Kier molecular flexibility index (Phi) is 5.80. The molecule has 0 spiro atoms. The van der Waals surface area contributed by atoms with Crippen molar-refractivity contribution in [2.24, 2.45) is 0 Å². The van der Waals surface area contributed by atoms with E-state index in [2.05, 4.69) is 10.3 Å². The summed E-state index contributed by atoms with van der Waals surface area (Å²) in [6.45, 7) is 2.68. The number of hydrogen-bond donors (Lipinski definition) is 2. The molecule has 3 aromatic heterocycles. The van der Waals surface area contributed by atoms with Gasteiger partial charge >= 0.3 is 6.03 Å². The van der Waals surface area contributed by atoms with Gasteiger partial charge in [-0.15, -0.1) is 22.7 Å². The van der Waals surface area contributed by atoms with Gasteiger partial charge in [-0.05, 0) is 61.7 Å². The highest BCUT2D eigenvalue weighted by Crippen LogP contribution is 2.33. The summed E-state index contributed by atoms with van der Waals surface area (Å²) in [5, 5.41) is 5.70. The Balaban J connectivity index is 1.43. The average molecular weight is 465 g/mol. The minimum absolute atomic E-state index is 0.0978. The van der Waals surface area contributed by atoms with Crippen LogP contribution in [0.4, 0.5) is 10.5 Å². The number of aromatic nitrogens is 2. The Morgan fingerprint density at radius 3 is 2.75 bits per heavy atom. The first kappa shape index (κ1) is 20.9. The van der Waals surface area contributed by atoms with E-state index in [9.17, 15) is 9.59 Å². The predicted octanol–water partition coefficient (Wildman–Crippen LogP) is 5.47. The maximum atomic E-state index is 13.1. The van der Waals surface area contributed by atoms with Gasteiger partial charge in [-0.25, -0.2) is 9.78 Å². The zero-order valence-corrected chi connectivity index (χ0v) is 19.4. The number of urea groups is 1. The summed E-state index contributed by atoms with van der Waals surface area (Å²) in [4.78, 5) is 38.6. The number of H-pyrrole nitrogens is 1. The van der Waals surface area contributed by atoms with Crippen molar-refractivity contribution in [3.05, 3.63) is 78.8 Å². The summed E-state index contributed by atoms with van der Waals surface area (Å²) >= 11 is 3.22. The van der Waals surface area contributed by atoms with Crippen molar-refractivity contribution in [1.29, 1.82) is 0 Å². The number of hydrogen-bond acceptors (Lipinski definition) is 5. The van der Waals surface area contributed by atoms with Crippen LogP contribution in [0, 0.1) is 6.92 Å². The second-order valence-electron chi connectivity index (χ2n) is 8.14. The summed E-state index contributed by atoms with van der Waals surface area (Å²) in [5.74, 6) is 0.511. The molecule has 0 fully saturated rings. The molecule has 32 heavy (non-hydrogen) atoms. The molecule has 4 aromatic rings. The van der Waals surface area contributed by atoms with E-state index in [4.69, 9.17) is 4.98 Å². The van der Waals surface area contributed by atoms with Crippen LogP contribution in [0.2, 0.25) is 0 Å². The normalized spacial score (nSPS) is 13.2. The van der Waals surface area contributed by atoms with Crippen LogP contribution >= 0.6 is 22.7 Å². The molecule has 0 radical (unpaired) electrons. The van der Waals surface area contributed by atoms with E-state index in [1.54, 1.807) is 27.6 Å². The van der Waals surface area contributed by atoms with Gasteiger partial charge in [0.05, 0.1) is 18.5 Å². The third kappa shape index (κ3) is 4.33. The Bertz CT molecular complexity index is 1310. The number of anilines is 1. The number of thiophene rings is 2. The summed E-state index contributed by atoms with van der Waals surface area (Å²) in [6, 6.07) is 11.4. The monoisotopic (exact) mass is 464 g/mol. The first-order valence-electron chi connectivity index (χ1n) is 10.8. The molecule has 1 aromatic carbocycles. The van der Waals surface area contributed by atoms with E-state index in [1.807, 2.05) is 48.7 Å². The lowest BCUT2D eigenvalue weighted by atomic mass is 9.97. The van der Waals surface area contributed by atoms with Crippen LogP contribution in [-0.2, 0) is 25.9 Å². The molecule has 0 bridgehead atoms. The van der Waals surface area contributed by atoms with E-state index in [-0.39, 0.29) is 18.1 Å². The van der Waals surface area contributed by atoms with Crippen LogP contribution in [0.15, 0.2) is 46.6 Å². The van der Waals surface area contributed by atoms with Gasteiger partial charge in [-0.2, -0.15) is 0 Å². The molecule has 8 heteroatoms. The highest BCUT2D eigenvalue weighted by molar-refractivity contribution is 7.18. The fraction of sp³-hybridized carbons (Fsp3) is 0.292. The van der Waals surface area contributed by atoms with Gasteiger partial charge in [-0.1, -0.05) is 23.8 Å². The smallest absolute Gasteiger partial charge is 0.312 e. The third-order valence-corrected chi connectivity index (χ3v) is 7.78. The SMILES string of the molecule is Cc1ccc(NC(=O)N(Cc2nc3sc4c(c3c(=O)[nH]2)CCCC4)Cc2cccs2)cc1. The summed E-state index contributed by atoms with van der Waals surface area (Å²) in [5.41, 5.74) is 2.94. The van der Waals surface area contributed by atoms with Gasteiger partial charge < -0.3 is 15.2 Å². The second-order valence-corrected chi connectivity index (χ2v) is 10.3. The van der Waals surface area contributed by atoms with Crippen LogP contribution in [0.5, 0.6) is 0 Å². The Hall–Kier alpha value is -2.97. The zero-order valence-electron chi connectivity index (χ0n) is 17.8. The number of nitrogens with one attached hydrogen (secondary N) is 2. The predicted molar refractivity (Wildman–Crippen MR) is 131 cm³/mol. The minimum Gasteiger partial charge on any atom is -0.312 e. The lowest BCUT2D eigenvalue weighted by molar-refractivity contribution is 0.205. The first-order chi connectivity index (χ1) is 15.6. The standard InChI is InChI=1S/C24H24N4O2S2/c1-15-8-10-16(11-9-15)25-24(30)28(13-17-5-4-12-31-17)14-20-26-22(29)21-18-6-2-3-7-19(18)32-23(21)27-20/h4-5,8-12H,2-3,6-7,13-14H2,1H3,(H,25,30)(H,26,27,29). The van der Waals surface area contributed by atoms with Gasteiger partial charge in [0.25, 0.3) is 5.56 Å². The average Bonchev–Trinajstić information content (AvgIpc) is 3.42. The molecule has 0 atom stereocenters. The fourth-order valence-electron chi connectivity index (χ4n) is 4.09. The molecular weight excluding hydrogens is 440 g/mol. The highest BCUT2D eigenvalue weighted by Gasteiger charge is 2.22. The highest BCUT2D eigenvalue weighted by atomic mass is 32.1. The van der Waals surface area contributed by atoms with Crippen molar-refractivity contribution < 1.29 is 4.79 Å². The van der Waals surface area contributed by atoms with Crippen molar-refractivity contribution in [2.45, 2.75) is 45.7 Å². The van der Waals surface area contributed by atoms with Gasteiger partial charge in [0.1, 0.15) is 10.7 Å². The number of benzene rings is 1. The van der Waals surface area contributed by atoms with Crippen LogP contribution < -0.4 is 10.9 Å². The molecule has 0 unspecified atom stereocenters. The maximum Gasteiger partial charge on any atom is 0.322 e. The number of carbonyl (C=O) groups excluding carboxylic acids is 1. The van der Waals surface area contributed by atoms with E-state index in [1.165, 1.54) is 16.9 Å². The Labute approximate surface area is 193 Å². The fourth-order valence-corrected chi connectivity index (χ4v) is 6.09. The molecule has 2 amide bonds. The molecular formula is C24H24N4O2S2. The van der Waals surface area contributed by atoms with Crippen molar-refractivity contribution in [1.82, 2.24) is 14.9 Å². The van der Waals surface area contributed by atoms with Crippen molar-refractivity contribution >= 4 is 44.6 Å². The summed E-state index contributed by atoms with van der Waals surface area (Å²) in [6.07, 6.45) is 4.25. The molecule has 1 aliphatic rings. The number of aryl methyl sites for hydroxylation is 3. The van der Waals surface area contributed by atoms with Gasteiger partial charge in [0.15, 0.2) is 0 Å². The second kappa shape index (κ2) is 8.88. The van der Waals surface area contributed by atoms with Crippen LogP contribution in [0.1, 0.15) is 39.5 Å². The topological polar surface area (TPSA) is 78.1 Å². The quantitative estimate of drug-likeness (QED) is 0.411. The number of nitrogens with zero attached hydrogens (tertiary/aromatic N) is 2. The van der Waals surface area contributed by atoms with Crippen LogP contribution in [0.3, 0.4) is 0 Å². The Morgan fingerprint density at radius 2 is 1.97 bits per heavy atom. The lowest BCUT2D eigenvalue weighted by Gasteiger charge is -2.22. The third-order valence-electron chi connectivity index (χ3n) is 5.73. The van der Waals surface area contributed by atoms with Crippen LogP contribution in [0.25, 0.3) is 10.2 Å². The molecule has 0 saturated heterocycles. The molecule has 164 valence electrons. The van der Waals surface area contributed by atoms with E-state index >= 15 is 0 Å². The van der Waals surface area contributed by atoms with E-state index in [0.29, 0.717) is 12.4 Å². The molecule has 2 N–H and O–H groups in total. The minimum atomic E-state index is -0.226. The Morgan fingerprint density at radius 1 is 1.16 bits per heavy atom. The molecule has 5 rings (SSSR count). The van der Waals surface area contributed by atoms with E-state index in [0.717, 1.165) is 45.6 Å². The summed E-state index contributed by atoms with van der Waals surface area (Å²) in [7, 11) is 0. The molecule has 3 heterocycles. The largest absolute Gasteiger partial charge is 0.322 e. The van der Waals surface area contributed by atoms with Gasteiger partial charge in [0, 0.05) is 15.4 Å². The van der Waals surface area contributed by atoms with Crippen molar-refractivity contribution in [2.75, 3.05) is 5.32 Å². The maximum absolute atomic E-state index is 13.1. The molecule has 0 aliphatic heterocycles. The summed E-state index contributed by atoms with van der Waals surface area (Å²) < 4.78 is 0. The van der Waals surface area contributed by atoms with Crippen LogP contribution in [-0.4, -0.2) is 20.9 Å². The van der Waals surface area contributed by atoms with Gasteiger partial charge in [0.2, 0.25) is 0 Å². The zero-order chi connectivity index (χ0) is 22.1. The number of aromatic amines is 1.